The van der Waals surface area contributed by atoms with E-state index in [1.807, 2.05) is 0 Å². The summed E-state index contributed by atoms with van der Waals surface area (Å²) in [6.07, 6.45) is -2.25. The van der Waals surface area contributed by atoms with Crippen LogP contribution in [0.25, 0.3) is 0 Å². The molecule has 0 aliphatic carbocycles. The van der Waals surface area contributed by atoms with Gasteiger partial charge in [-0.2, -0.15) is 17.5 Å². The molecule has 1 heterocycles. The van der Waals surface area contributed by atoms with E-state index in [0.717, 1.165) is 36.8 Å². The zero-order chi connectivity index (χ0) is 21.9. The van der Waals surface area contributed by atoms with Crippen LogP contribution < -0.4 is 5.32 Å². The minimum Gasteiger partial charge on any atom is -0.348 e. The number of amides is 1. The van der Waals surface area contributed by atoms with Crippen molar-refractivity contribution in [3.8, 4) is 0 Å². The maximum atomic E-state index is 14.2. The fourth-order valence-electron chi connectivity index (χ4n) is 3.23. The van der Waals surface area contributed by atoms with Gasteiger partial charge in [0.1, 0.15) is 10.7 Å². The molecule has 162 valence electrons. The van der Waals surface area contributed by atoms with Crippen LogP contribution in [0, 0.1) is 5.82 Å². The number of halogens is 4. The predicted molar refractivity (Wildman–Crippen MR) is 102 cm³/mol. The van der Waals surface area contributed by atoms with Gasteiger partial charge in [0.2, 0.25) is 10.0 Å². The smallest absolute Gasteiger partial charge is 0.348 e. The molecule has 1 fully saturated rings. The van der Waals surface area contributed by atoms with Crippen LogP contribution >= 0.6 is 0 Å². The number of hydrogen-bond acceptors (Lipinski definition) is 3. The summed E-state index contributed by atoms with van der Waals surface area (Å²) >= 11 is 0. The zero-order valence-electron chi connectivity index (χ0n) is 15.9. The second-order valence-corrected chi connectivity index (χ2v) is 8.90. The maximum Gasteiger partial charge on any atom is 0.416 e. The van der Waals surface area contributed by atoms with Crippen molar-refractivity contribution in [1.82, 2.24) is 9.62 Å². The van der Waals surface area contributed by atoms with Crippen LogP contribution in [0.5, 0.6) is 0 Å². The van der Waals surface area contributed by atoms with E-state index in [4.69, 9.17) is 0 Å². The van der Waals surface area contributed by atoms with Crippen molar-refractivity contribution in [3.63, 3.8) is 0 Å². The highest BCUT2D eigenvalue weighted by molar-refractivity contribution is 7.89. The Morgan fingerprint density at radius 3 is 2.40 bits per heavy atom. The summed E-state index contributed by atoms with van der Waals surface area (Å²) in [4.78, 5) is 11.8. The number of carbonyl (C=O) groups excluding carboxylic acids is 1. The Bertz CT molecular complexity index is 1030. The van der Waals surface area contributed by atoms with Crippen molar-refractivity contribution in [3.05, 3.63) is 65.0 Å². The first-order valence-electron chi connectivity index (χ1n) is 9.33. The maximum absolute atomic E-state index is 14.2. The zero-order valence-corrected chi connectivity index (χ0v) is 16.7. The molecule has 30 heavy (non-hydrogen) atoms. The number of sulfonamides is 1. The highest BCUT2D eigenvalue weighted by Gasteiger charge is 2.31. The standard InChI is InChI=1S/C20H20F4N2O3S/c21-17-8-7-15(12-18(17)30(28,29)26-9-2-1-3-10-26)19(27)25-13-14-5-4-6-16(11-14)20(22,23)24/h4-8,11-12H,1-3,9-10,13H2,(H,25,27). The van der Waals surface area contributed by atoms with Gasteiger partial charge in [0.05, 0.1) is 5.56 Å². The Kier molecular flexibility index (Phi) is 6.47. The van der Waals surface area contributed by atoms with E-state index in [0.29, 0.717) is 12.8 Å². The first kappa shape index (κ1) is 22.2. The lowest BCUT2D eigenvalue weighted by atomic mass is 10.1. The third-order valence-electron chi connectivity index (χ3n) is 4.83. The van der Waals surface area contributed by atoms with Crippen molar-refractivity contribution in [2.24, 2.45) is 0 Å². The van der Waals surface area contributed by atoms with Gasteiger partial charge in [-0.3, -0.25) is 4.79 Å². The van der Waals surface area contributed by atoms with Crippen molar-refractivity contribution in [2.75, 3.05) is 13.1 Å². The third kappa shape index (κ3) is 4.99. The van der Waals surface area contributed by atoms with Gasteiger partial charge in [0.25, 0.3) is 5.91 Å². The van der Waals surface area contributed by atoms with Gasteiger partial charge >= 0.3 is 6.18 Å². The summed E-state index contributed by atoms with van der Waals surface area (Å²) in [5.41, 5.74) is -0.716. The highest BCUT2D eigenvalue weighted by Crippen LogP contribution is 2.29. The Balaban J connectivity index is 1.77. The van der Waals surface area contributed by atoms with Crippen LogP contribution in [0.3, 0.4) is 0 Å². The van der Waals surface area contributed by atoms with Crippen LogP contribution in [0.15, 0.2) is 47.4 Å². The molecular weight excluding hydrogens is 424 g/mol. The van der Waals surface area contributed by atoms with Crippen LogP contribution in [0.4, 0.5) is 17.6 Å². The molecule has 1 aliphatic heterocycles. The Morgan fingerprint density at radius 2 is 1.73 bits per heavy atom. The number of nitrogens with zero attached hydrogens (tertiary/aromatic N) is 1. The molecule has 1 N–H and O–H groups in total. The molecule has 0 unspecified atom stereocenters. The average Bonchev–Trinajstić information content (AvgIpc) is 2.72. The summed E-state index contributed by atoms with van der Waals surface area (Å²) in [6, 6.07) is 7.47. The fraction of sp³-hybridized carbons (Fsp3) is 0.350. The molecule has 0 spiro atoms. The van der Waals surface area contributed by atoms with Crippen molar-refractivity contribution < 1.29 is 30.8 Å². The molecule has 1 aliphatic rings. The number of hydrogen-bond donors (Lipinski definition) is 1. The molecule has 10 heteroatoms. The lowest BCUT2D eigenvalue weighted by Crippen LogP contribution is -2.36. The minimum absolute atomic E-state index is 0.0982. The number of benzene rings is 2. The van der Waals surface area contributed by atoms with Gasteiger partial charge in [0, 0.05) is 25.2 Å². The summed E-state index contributed by atoms with van der Waals surface area (Å²) in [7, 11) is -4.08. The number of piperidine rings is 1. The highest BCUT2D eigenvalue weighted by atomic mass is 32.2. The molecule has 0 radical (unpaired) electrons. The number of carbonyl (C=O) groups is 1. The SMILES string of the molecule is O=C(NCc1cccc(C(F)(F)F)c1)c1ccc(F)c(S(=O)(=O)N2CCCCC2)c1. The third-order valence-corrected chi connectivity index (χ3v) is 6.75. The quantitative estimate of drug-likeness (QED) is 0.711. The van der Waals surface area contributed by atoms with Crippen LogP contribution in [0.1, 0.15) is 40.7 Å². The summed E-state index contributed by atoms with van der Waals surface area (Å²) in [5, 5.41) is 2.43. The van der Waals surface area contributed by atoms with Gasteiger partial charge in [0.15, 0.2) is 0 Å². The van der Waals surface area contributed by atoms with Crippen molar-refractivity contribution in [2.45, 2.75) is 36.9 Å². The van der Waals surface area contributed by atoms with E-state index in [1.54, 1.807) is 0 Å². The lowest BCUT2D eigenvalue weighted by molar-refractivity contribution is -0.137. The molecule has 0 atom stereocenters. The molecule has 1 amide bonds. The van der Waals surface area contributed by atoms with Crippen LogP contribution in [-0.2, 0) is 22.7 Å². The molecule has 2 aromatic rings. The van der Waals surface area contributed by atoms with E-state index < -0.39 is 38.4 Å². The lowest BCUT2D eigenvalue weighted by Gasteiger charge is -2.26. The summed E-state index contributed by atoms with van der Waals surface area (Å²) in [5.74, 6) is -1.68. The number of rotatable bonds is 5. The second kappa shape index (κ2) is 8.73. The van der Waals surface area contributed by atoms with Crippen LogP contribution in [0.2, 0.25) is 0 Å². The van der Waals surface area contributed by atoms with E-state index >= 15 is 0 Å². The summed E-state index contributed by atoms with van der Waals surface area (Å²) in [6.45, 7) is 0.371. The van der Waals surface area contributed by atoms with E-state index in [2.05, 4.69) is 5.32 Å². The minimum atomic E-state index is -4.51. The first-order valence-corrected chi connectivity index (χ1v) is 10.8. The van der Waals surface area contributed by atoms with Gasteiger partial charge in [-0.25, -0.2) is 12.8 Å². The summed E-state index contributed by atoms with van der Waals surface area (Å²) < 4.78 is 79.3. The molecule has 0 saturated carbocycles. The largest absolute Gasteiger partial charge is 0.416 e. The molecule has 2 aromatic carbocycles. The Labute approximate surface area is 171 Å². The molecule has 1 saturated heterocycles. The first-order chi connectivity index (χ1) is 14.1. The fourth-order valence-corrected chi connectivity index (χ4v) is 4.84. The van der Waals surface area contributed by atoms with Gasteiger partial charge in [-0.15, -0.1) is 0 Å². The average molecular weight is 444 g/mol. The van der Waals surface area contributed by atoms with Gasteiger partial charge in [-0.1, -0.05) is 18.6 Å². The van der Waals surface area contributed by atoms with Crippen LogP contribution in [-0.4, -0.2) is 31.7 Å². The molecule has 5 nitrogen and oxygen atoms in total. The van der Waals surface area contributed by atoms with E-state index in [-0.39, 0.29) is 30.8 Å². The molecule has 0 bridgehead atoms. The molecular formula is C20H20F4N2O3S. The van der Waals surface area contributed by atoms with Crippen molar-refractivity contribution >= 4 is 15.9 Å². The predicted octanol–water partition coefficient (Wildman–Crippen LogP) is 3.95. The number of nitrogens with one attached hydrogen (secondary N) is 1. The molecule has 3 rings (SSSR count). The Hall–Kier alpha value is -2.46. The van der Waals surface area contributed by atoms with E-state index in [1.165, 1.54) is 16.4 Å². The van der Waals surface area contributed by atoms with Gasteiger partial charge in [-0.05, 0) is 48.7 Å². The van der Waals surface area contributed by atoms with Gasteiger partial charge < -0.3 is 5.32 Å². The monoisotopic (exact) mass is 444 g/mol. The normalized spacial score (nSPS) is 15.7. The second-order valence-electron chi connectivity index (χ2n) is 6.99. The topological polar surface area (TPSA) is 66.5 Å². The van der Waals surface area contributed by atoms with Crippen molar-refractivity contribution in [1.29, 1.82) is 0 Å². The van der Waals surface area contributed by atoms with E-state index in [9.17, 15) is 30.8 Å². The number of alkyl halides is 3. The Morgan fingerprint density at radius 1 is 1.03 bits per heavy atom. The molecule has 0 aromatic heterocycles.